The van der Waals surface area contributed by atoms with Gasteiger partial charge in [-0.05, 0) is 23.3 Å². The molecule has 0 saturated carbocycles. The summed E-state index contributed by atoms with van der Waals surface area (Å²) in [5.74, 6) is -0.224. The molecule has 0 aliphatic carbocycles. The second-order valence-corrected chi connectivity index (χ2v) is 6.74. The van der Waals surface area contributed by atoms with Crippen molar-refractivity contribution < 1.29 is 14.2 Å². The van der Waals surface area contributed by atoms with Crippen molar-refractivity contribution in [2.24, 2.45) is 0 Å². The first-order valence-electron chi connectivity index (χ1n) is 9.20. The maximum Gasteiger partial charge on any atom is 0.123 e. The van der Waals surface area contributed by atoms with Crippen molar-refractivity contribution in [1.29, 1.82) is 0 Å². The predicted molar refractivity (Wildman–Crippen MR) is 100 cm³/mol. The first kappa shape index (κ1) is 19.0. The van der Waals surface area contributed by atoms with Gasteiger partial charge in [0.15, 0.2) is 0 Å². The molecule has 140 valence electrons. The maximum atomic E-state index is 13.2. The van der Waals surface area contributed by atoms with Gasteiger partial charge in [-0.1, -0.05) is 42.5 Å². The Morgan fingerprint density at radius 3 is 2.42 bits per heavy atom. The first-order valence-corrected chi connectivity index (χ1v) is 9.20. The van der Waals surface area contributed by atoms with Crippen molar-refractivity contribution in [3.8, 4) is 0 Å². The zero-order chi connectivity index (χ0) is 18.2. The highest BCUT2D eigenvalue weighted by molar-refractivity contribution is 5.18. The fourth-order valence-corrected chi connectivity index (χ4v) is 3.22. The van der Waals surface area contributed by atoms with Crippen LogP contribution in [0, 0.1) is 5.82 Å². The summed E-state index contributed by atoms with van der Waals surface area (Å²) in [6, 6.07) is 16.3. The molecule has 1 aliphatic heterocycles. The van der Waals surface area contributed by atoms with E-state index in [2.05, 4.69) is 9.80 Å². The van der Waals surface area contributed by atoms with E-state index >= 15 is 0 Å². The topological polar surface area (TPSA) is 35.9 Å². The van der Waals surface area contributed by atoms with Crippen LogP contribution in [0.5, 0.6) is 0 Å². The third-order valence-corrected chi connectivity index (χ3v) is 4.77. The zero-order valence-electron chi connectivity index (χ0n) is 15.1. The highest BCUT2D eigenvalue weighted by Crippen LogP contribution is 2.16. The van der Waals surface area contributed by atoms with Crippen LogP contribution in [-0.2, 0) is 11.3 Å². The minimum atomic E-state index is -0.540. The number of hydrogen-bond donors (Lipinski definition) is 1. The molecule has 0 unspecified atom stereocenters. The number of aliphatic hydroxyl groups excluding tert-OH is 1. The van der Waals surface area contributed by atoms with Crippen LogP contribution >= 0.6 is 0 Å². The number of ether oxygens (including phenoxy) is 1. The maximum absolute atomic E-state index is 13.2. The average molecular weight is 358 g/mol. The lowest BCUT2D eigenvalue weighted by Gasteiger charge is -2.31. The molecule has 4 nitrogen and oxygen atoms in total. The van der Waals surface area contributed by atoms with Crippen LogP contribution in [0.15, 0.2) is 54.6 Å². The van der Waals surface area contributed by atoms with E-state index in [1.165, 1.54) is 12.1 Å². The number of halogens is 1. The van der Waals surface area contributed by atoms with Gasteiger partial charge in [0.2, 0.25) is 0 Å². The summed E-state index contributed by atoms with van der Waals surface area (Å²) in [6.45, 7) is 6.49. The highest BCUT2D eigenvalue weighted by atomic mass is 19.1. The van der Waals surface area contributed by atoms with E-state index in [1.54, 1.807) is 0 Å². The number of hydrogen-bond acceptors (Lipinski definition) is 4. The molecular formula is C21H27FN2O2. The van der Waals surface area contributed by atoms with Gasteiger partial charge in [-0.2, -0.15) is 0 Å². The van der Waals surface area contributed by atoms with Gasteiger partial charge < -0.3 is 9.84 Å². The molecule has 1 N–H and O–H groups in total. The van der Waals surface area contributed by atoms with Crippen LogP contribution in [-0.4, -0.2) is 60.8 Å². The summed E-state index contributed by atoms with van der Waals surface area (Å²) in [6.07, 6.45) is -0.540. The van der Waals surface area contributed by atoms with Crippen molar-refractivity contribution in [1.82, 2.24) is 9.80 Å². The summed E-state index contributed by atoms with van der Waals surface area (Å²) in [7, 11) is 0. The van der Waals surface area contributed by atoms with Crippen LogP contribution in [0.3, 0.4) is 0 Å². The standard InChI is InChI=1S/C21H27FN2O2/c22-20-8-6-18(7-9-20)16-24(11-10-23-12-14-26-15-13-23)17-21(25)19-4-2-1-3-5-19/h1-9,21,25H,10-17H2/t21-/m1/s1. The van der Waals surface area contributed by atoms with Crippen molar-refractivity contribution in [2.75, 3.05) is 45.9 Å². The number of aliphatic hydroxyl groups is 1. The van der Waals surface area contributed by atoms with Crippen molar-refractivity contribution in [3.05, 3.63) is 71.5 Å². The van der Waals surface area contributed by atoms with E-state index in [-0.39, 0.29) is 5.82 Å². The molecule has 0 aromatic heterocycles. The summed E-state index contributed by atoms with van der Waals surface area (Å²) < 4.78 is 18.6. The quantitative estimate of drug-likeness (QED) is 0.787. The lowest BCUT2D eigenvalue weighted by molar-refractivity contribution is 0.0291. The third kappa shape index (κ3) is 5.88. The average Bonchev–Trinajstić information content (AvgIpc) is 2.69. The Hall–Kier alpha value is -1.79. The van der Waals surface area contributed by atoms with Crippen molar-refractivity contribution in [2.45, 2.75) is 12.6 Å². The molecule has 0 bridgehead atoms. The van der Waals surface area contributed by atoms with E-state index in [1.807, 2.05) is 42.5 Å². The predicted octanol–water partition coefficient (Wildman–Crippen LogP) is 2.69. The molecule has 1 atom stereocenters. The van der Waals surface area contributed by atoms with Crippen LogP contribution in [0.4, 0.5) is 4.39 Å². The fourth-order valence-electron chi connectivity index (χ4n) is 3.22. The van der Waals surface area contributed by atoms with Gasteiger partial charge in [0, 0.05) is 39.3 Å². The Morgan fingerprint density at radius 1 is 1.04 bits per heavy atom. The Balaban J connectivity index is 1.62. The van der Waals surface area contributed by atoms with Crippen molar-refractivity contribution in [3.63, 3.8) is 0 Å². The van der Waals surface area contributed by atoms with E-state index in [0.717, 1.165) is 50.5 Å². The molecule has 3 rings (SSSR count). The number of nitrogens with zero attached hydrogens (tertiary/aromatic N) is 2. The molecule has 1 heterocycles. The Kier molecular flexibility index (Phi) is 7.14. The smallest absolute Gasteiger partial charge is 0.123 e. The lowest BCUT2D eigenvalue weighted by Crippen LogP contribution is -2.42. The van der Waals surface area contributed by atoms with Gasteiger partial charge in [0.1, 0.15) is 5.82 Å². The zero-order valence-corrected chi connectivity index (χ0v) is 15.1. The molecule has 1 aliphatic rings. The molecule has 0 amide bonds. The van der Waals surface area contributed by atoms with Crippen LogP contribution < -0.4 is 0 Å². The third-order valence-electron chi connectivity index (χ3n) is 4.77. The molecule has 0 spiro atoms. The monoisotopic (exact) mass is 358 g/mol. The van der Waals surface area contributed by atoms with E-state index in [0.29, 0.717) is 13.1 Å². The Morgan fingerprint density at radius 2 is 1.73 bits per heavy atom. The Bertz CT molecular complexity index is 645. The molecule has 0 radical (unpaired) electrons. The minimum absolute atomic E-state index is 0.224. The number of morpholine rings is 1. The van der Waals surface area contributed by atoms with Gasteiger partial charge in [-0.15, -0.1) is 0 Å². The van der Waals surface area contributed by atoms with Gasteiger partial charge in [-0.3, -0.25) is 9.80 Å². The summed E-state index contributed by atoms with van der Waals surface area (Å²) in [4.78, 5) is 4.62. The molecule has 1 fully saturated rings. The number of rotatable bonds is 8. The van der Waals surface area contributed by atoms with E-state index in [4.69, 9.17) is 4.74 Å². The normalized spacial score (nSPS) is 16.7. The SMILES string of the molecule is O[C@H](CN(CCN1CCOCC1)Cc1ccc(F)cc1)c1ccccc1. The first-order chi connectivity index (χ1) is 12.7. The summed E-state index contributed by atoms with van der Waals surface area (Å²) in [5.41, 5.74) is 1.97. The summed E-state index contributed by atoms with van der Waals surface area (Å²) in [5, 5.41) is 10.6. The van der Waals surface area contributed by atoms with Crippen LogP contribution in [0.2, 0.25) is 0 Å². The van der Waals surface area contributed by atoms with E-state index < -0.39 is 6.10 Å². The van der Waals surface area contributed by atoms with Crippen molar-refractivity contribution >= 4 is 0 Å². The molecule has 26 heavy (non-hydrogen) atoms. The Labute approximate surface area is 154 Å². The molecule has 2 aromatic rings. The largest absolute Gasteiger partial charge is 0.387 e. The van der Waals surface area contributed by atoms with Gasteiger partial charge in [-0.25, -0.2) is 4.39 Å². The minimum Gasteiger partial charge on any atom is -0.387 e. The number of benzene rings is 2. The molecule has 2 aromatic carbocycles. The lowest BCUT2D eigenvalue weighted by atomic mass is 10.1. The van der Waals surface area contributed by atoms with Crippen LogP contribution in [0.25, 0.3) is 0 Å². The van der Waals surface area contributed by atoms with Gasteiger partial charge >= 0.3 is 0 Å². The molecule has 5 heteroatoms. The fraction of sp³-hybridized carbons (Fsp3) is 0.429. The van der Waals surface area contributed by atoms with Gasteiger partial charge in [0.25, 0.3) is 0 Å². The summed E-state index contributed by atoms with van der Waals surface area (Å²) >= 11 is 0. The van der Waals surface area contributed by atoms with Gasteiger partial charge in [0.05, 0.1) is 19.3 Å². The van der Waals surface area contributed by atoms with E-state index in [9.17, 15) is 9.50 Å². The highest BCUT2D eigenvalue weighted by Gasteiger charge is 2.16. The van der Waals surface area contributed by atoms with Crippen LogP contribution in [0.1, 0.15) is 17.2 Å². The second kappa shape index (κ2) is 9.78. The second-order valence-electron chi connectivity index (χ2n) is 6.74. The molecule has 1 saturated heterocycles. The molecular weight excluding hydrogens is 331 g/mol.